The van der Waals surface area contributed by atoms with Crippen molar-refractivity contribution in [2.24, 2.45) is 7.05 Å². The molecule has 1 N–H and O–H groups in total. The number of aromatic nitrogens is 2. The predicted octanol–water partition coefficient (Wildman–Crippen LogP) is 3.03. The molecule has 1 heterocycles. The Kier molecular flexibility index (Phi) is 4.83. The molecule has 0 saturated heterocycles. The summed E-state index contributed by atoms with van der Waals surface area (Å²) in [5, 5.41) is 14.9. The molecule has 0 radical (unpaired) electrons. The molecular weight excluding hydrogens is 320 g/mol. The quantitative estimate of drug-likeness (QED) is 0.911. The smallest absolute Gasteiger partial charge is 0.119 e. The zero-order chi connectivity index (χ0) is 14.7. The fourth-order valence-electron chi connectivity index (χ4n) is 2.19. The van der Waals surface area contributed by atoms with Gasteiger partial charge in [-0.3, -0.25) is 4.68 Å². The van der Waals surface area contributed by atoms with Crippen LogP contribution in [-0.4, -0.2) is 22.0 Å². The SMILES string of the molecule is CCc1nn(C)c(CC(O)c2cccc(OC)c2)c1Br. The lowest BCUT2D eigenvalue weighted by molar-refractivity contribution is 0.175. The summed E-state index contributed by atoms with van der Waals surface area (Å²) in [6.45, 7) is 2.06. The number of aryl methyl sites for hydroxylation is 2. The summed E-state index contributed by atoms with van der Waals surface area (Å²) in [6.07, 6.45) is 0.794. The number of hydrogen-bond donors (Lipinski definition) is 1. The maximum absolute atomic E-state index is 10.4. The molecule has 2 rings (SSSR count). The molecule has 1 aromatic heterocycles. The maximum atomic E-state index is 10.4. The van der Waals surface area contributed by atoms with E-state index in [0.29, 0.717) is 6.42 Å². The van der Waals surface area contributed by atoms with Crippen molar-refractivity contribution in [2.75, 3.05) is 7.11 Å². The first-order chi connectivity index (χ1) is 9.56. The molecule has 1 aromatic carbocycles. The van der Waals surface area contributed by atoms with Crippen molar-refractivity contribution in [3.63, 3.8) is 0 Å². The number of aliphatic hydroxyl groups is 1. The van der Waals surface area contributed by atoms with E-state index in [2.05, 4.69) is 28.0 Å². The fraction of sp³-hybridized carbons (Fsp3) is 0.400. The maximum Gasteiger partial charge on any atom is 0.119 e. The summed E-state index contributed by atoms with van der Waals surface area (Å²) in [5.74, 6) is 0.750. The van der Waals surface area contributed by atoms with Gasteiger partial charge in [0, 0.05) is 13.5 Å². The number of nitrogens with zero attached hydrogens (tertiary/aromatic N) is 2. The van der Waals surface area contributed by atoms with Crippen LogP contribution in [0.25, 0.3) is 0 Å². The Morgan fingerprint density at radius 3 is 2.80 bits per heavy atom. The van der Waals surface area contributed by atoms with Gasteiger partial charge in [0.15, 0.2) is 0 Å². The van der Waals surface area contributed by atoms with Crippen LogP contribution in [0.4, 0.5) is 0 Å². The average Bonchev–Trinajstić information content (AvgIpc) is 2.74. The fourth-order valence-corrected chi connectivity index (χ4v) is 2.97. The Hall–Kier alpha value is -1.33. The van der Waals surface area contributed by atoms with Gasteiger partial charge in [-0.2, -0.15) is 5.10 Å². The Balaban J connectivity index is 2.23. The number of ether oxygens (including phenoxy) is 1. The van der Waals surface area contributed by atoms with Crippen molar-refractivity contribution in [2.45, 2.75) is 25.9 Å². The lowest BCUT2D eigenvalue weighted by Gasteiger charge is -2.12. The normalized spacial score (nSPS) is 12.4. The highest BCUT2D eigenvalue weighted by atomic mass is 79.9. The van der Waals surface area contributed by atoms with Crippen LogP contribution in [0.5, 0.6) is 5.75 Å². The van der Waals surface area contributed by atoms with Crippen LogP contribution >= 0.6 is 15.9 Å². The van der Waals surface area contributed by atoms with Gasteiger partial charge in [0.1, 0.15) is 5.75 Å². The highest BCUT2D eigenvalue weighted by Crippen LogP contribution is 2.27. The first kappa shape index (κ1) is 15.1. The van der Waals surface area contributed by atoms with E-state index in [1.807, 2.05) is 36.0 Å². The number of hydrogen-bond acceptors (Lipinski definition) is 3. The van der Waals surface area contributed by atoms with Crippen molar-refractivity contribution in [1.29, 1.82) is 0 Å². The van der Waals surface area contributed by atoms with Gasteiger partial charge in [-0.25, -0.2) is 0 Å². The predicted molar refractivity (Wildman–Crippen MR) is 81.9 cm³/mol. The summed E-state index contributed by atoms with van der Waals surface area (Å²) >= 11 is 3.57. The molecule has 0 aliphatic carbocycles. The number of halogens is 1. The van der Waals surface area contributed by atoms with Gasteiger partial charge in [0.05, 0.1) is 29.1 Å². The number of rotatable bonds is 5. The number of aliphatic hydroxyl groups excluding tert-OH is 1. The highest BCUT2D eigenvalue weighted by molar-refractivity contribution is 9.10. The summed E-state index contributed by atoms with van der Waals surface area (Å²) in [4.78, 5) is 0. The minimum atomic E-state index is -0.582. The molecule has 1 atom stereocenters. The van der Waals surface area contributed by atoms with Crippen LogP contribution < -0.4 is 4.74 Å². The molecule has 0 aliphatic heterocycles. The second kappa shape index (κ2) is 6.41. The van der Waals surface area contributed by atoms with E-state index in [1.165, 1.54) is 0 Å². The second-order valence-electron chi connectivity index (χ2n) is 4.68. The van der Waals surface area contributed by atoms with E-state index in [4.69, 9.17) is 4.74 Å². The van der Waals surface area contributed by atoms with Gasteiger partial charge in [0.25, 0.3) is 0 Å². The Morgan fingerprint density at radius 2 is 2.20 bits per heavy atom. The third-order valence-electron chi connectivity index (χ3n) is 3.37. The summed E-state index contributed by atoms with van der Waals surface area (Å²) < 4.78 is 8.00. The monoisotopic (exact) mass is 338 g/mol. The Labute approximate surface area is 127 Å². The molecule has 20 heavy (non-hydrogen) atoms. The van der Waals surface area contributed by atoms with Crippen LogP contribution in [0, 0.1) is 0 Å². The molecule has 0 amide bonds. The minimum absolute atomic E-state index is 0.511. The molecule has 0 bridgehead atoms. The van der Waals surface area contributed by atoms with Crippen molar-refractivity contribution >= 4 is 15.9 Å². The first-order valence-electron chi connectivity index (χ1n) is 6.59. The topological polar surface area (TPSA) is 47.3 Å². The van der Waals surface area contributed by atoms with Crippen LogP contribution in [0.1, 0.15) is 30.0 Å². The molecule has 108 valence electrons. The van der Waals surface area contributed by atoms with Gasteiger partial charge < -0.3 is 9.84 Å². The van der Waals surface area contributed by atoms with Crippen molar-refractivity contribution in [1.82, 2.24) is 9.78 Å². The largest absolute Gasteiger partial charge is 0.497 e. The molecule has 2 aromatic rings. The zero-order valence-electron chi connectivity index (χ0n) is 11.9. The molecule has 0 spiro atoms. The molecule has 0 fully saturated rings. The van der Waals surface area contributed by atoms with E-state index >= 15 is 0 Å². The van der Waals surface area contributed by atoms with Crippen molar-refractivity contribution in [3.05, 3.63) is 45.7 Å². The van der Waals surface area contributed by atoms with E-state index in [1.54, 1.807) is 7.11 Å². The Bertz CT molecular complexity index is 596. The van der Waals surface area contributed by atoms with Gasteiger partial charge in [-0.15, -0.1) is 0 Å². The van der Waals surface area contributed by atoms with Crippen LogP contribution in [-0.2, 0) is 19.9 Å². The minimum Gasteiger partial charge on any atom is -0.497 e. The summed E-state index contributed by atoms with van der Waals surface area (Å²) in [5.41, 5.74) is 2.85. The highest BCUT2D eigenvalue weighted by Gasteiger charge is 2.17. The second-order valence-corrected chi connectivity index (χ2v) is 5.47. The van der Waals surface area contributed by atoms with Crippen molar-refractivity contribution in [3.8, 4) is 5.75 Å². The van der Waals surface area contributed by atoms with Gasteiger partial charge in [-0.1, -0.05) is 19.1 Å². The summed E-state index contributed by atoms with van der Waals surface area (Å²) in [6, 6.07) is 7.51. The van der Waals surface area contributed by atoms with Gasteiger partial charge in [-0.05, 0) is 40.0 Å². The molecular formula is C15H19BrN2O2. The Morgan fingerprint density at radius 1 is 1.45 bits per heavy atom. The van der Waals surface area contributed by atoms with E-state index in [9.17, 15) is 5.11 Å². The molecule has 4 nitrogen and oxygen atoms in total. The van der Waals surface area contributed by atoms with Crippen LogP contribution in [0.15, 0.2) is 28.7 Å². The molecule has 0 saturated carbocycles. The lowest BCUT2D eigenvalue weighted by atomic mass is 10.0. The standard InChI is InChI=1S/C15H19BrN2O2/c1-4-12-15(16)13(18(2)17-12)9-14(19)10-6-5-7-11(8-10)20-3/h5-8,14,19H,4,9H2,1-3H3. The van der Waals surface area contributed by atoms with E-state index < -0.39 is 6.10 Å². The van der Waals surface area contributed by atoms with E-state index in [-0.39, 0.29) is 0 Å². The molecule has 5 heteroatoms. The first-order valence-corrected chi connectivity index (χ1v) is 7.38. The lowest BCUT2D eigenvalue weighted by Crippen LogP contribution is -2.07. The number of methoxy groups -OCH3 is 1. The van der Waals surface area contributed by atoms with Crippen LogP contribution in [0.2, 0.25) is 0 Å². The van der Waals surface area contributed by atoms with Gasteiger partial charge >= 0.3 is 0 Å². The van der Waals surface area contributed by atoms with Gasteiger partial charge in [0.2, 0.25) is 0 Å². The average molecular weight is 339 g/mol. The third-order valence-corrected chi connectivity index (χ3v) is 4.28. The summed E-state index contributed by atoms with van der Waals surface area (Å²) in [7, 11) is 3.52. The number of benzene rings is 1. The van der Waals surface area contributed by atoms with Crippen LogP contribution in [0.3, 0.4) is 0 Å². The zero-order valence-corrected chi connectivity index (χ0v) is 13.5. The van der Waals surface area contributed by atoms with Crippen molar-refractivity contribution < 1.29 is 9.84 Å². The van der Waals surface area contributed by atoms with E-state index in [0.717, 1.165) is 33.6 Å². The molecule has 0 aliphatic rings. The molecule has 1 unspecified atom stereocenters. The third kappa shape index (κ3) is 3.04.